The molecule has 78 valence electrons. The number of nitrogens with one attached hydrogen (secondary N) is 1. The molecule has 15 heavy (non-hydrogen) atoms. The molecule has 0 heterocycles. The second kappa shape index (κ2) is 3.85. The van der Waals surface area contributed by atoms with Crippen LogP contribution in [0.15, 0.2) is 24.3 Å². The summed E-state index contributed by atoms with van der Waals surface area (Å²) in [4.78, 5) is 22.0. The van der Waals surface area contributed by atoms with Crippen LogP contribution in [0.1, 0.15) is 23.7 Å². The summed E-state index contributed by atoms with van der Waals surface area (Å²) in [7, 11) is 0. The third-order valence-electron chi connectivity index (χ3n) is 2.76. The van der Waals surface area contributed by atoms with Crippen LogP contribution in [0.5, 0.6) is 0 Å². The van der Waals surface area contributed by atoms with Crippen LogP contribution < -0.4 is 5.32 Å². The highest BCUT2D eigenvalue weighted by atomic mass is 16.2. The number of anilines is 1. The van der Waals surface area contributed by atoms with E-state index in [1.165, 1.54) is 0 Å². The Bertz CT molecular complexity index is 383. The summed E-state index contributed by atoms with van der Waals surface area (Å²) in [5, 5.41) is 2.83. The fourth-order valence-corrected chi connectivity index (χ4v) is 1.57. The van der Waals surface area contributed by atoms with Crippen molar-refractivity contribution in [1.29, 1.82) is 0 Å². The van der Waals surface area contributed by atoms with Crippen LogP contribution in [0.2, 0.25) is 0 Å². The van der Waals surface area contributed by atoms with Gasteiger partial charge in [-0.25, -0.2) is 0 Å². The molecule has 1 aliphatic carbocycles. The van der Waals surface area contributed by atoms with Crippen LogP contribution in [-0.2, 0) is 4.79 Å². The summed E-state index contributed by atoms with van der Waals surface area (Å²) in [6, 6.07) is 6.88. The van der Waals surface area contributed by atoms with Gasteiger partial charge in [-0.3, -0.25) is 9.59 Å². The Hall–Kier alpha value is -1.64. The van der Waals surface area contributed by atoms with Gasteiger partial charge < -0.3 is 5.32 Å². The molecular formula is C12H13NO2. The molecule has 1 aromatic carbocycles. The number of amides is 1. The number of benzene rings is 1. The molecule has 0 radical (unpaired) electrons. The number of hydrogen-bond acceptors (Lipinski definition) is 2. The van der Waals surface area contributed by atoms with Gasteiger partial charge in [-0.05, 0) is 36.6 Å². The van der Waals surface area contributed by atoms with Crippen molar-refractivity contribution in [3.63, 3.8) is 0 Å². The Morgan fingerprint density at radius 1 is 1.40 bits per heavy atom. The van der Waals surface area contributed by atoms with Gasteiger partial charge in [0.25, 0.3) is 0 Å². The normalized spacial score (nSPS) is 23.3. The number of carbonyl (C=O) groups excluding carboxylic acids is 2. The highest BCUT2D eigenvalue weighted by Gasteiger charge is 2.38. The van der Waals surface area contributed by atoms with Crippen LogP contribution in [-0.4, -0.2) is 12.2 Å². The lowest BCUT2D eigenvalue weighted by Crippen LogP contribution is -2.14. The lowest BCUT2D eigenvalue weighted by molar-refractivity contribution is -0.117. The van der Waals surface area contributed by atoms with Crippen LogP contribution in [0.3, 0.4) is 0 Å². The molecule has 3 heteroatoms. The van der Waals surface area contributed by atoms with Crippen molar-refractivity contribution in [2.75, 3.05) is 5.32 Å². The minimum atomic E-state index is 0.0846. The number of carbonyl (C=O) groups is 2. The van der Waals surface area contributed by atoms with E-state index in [0.29, 0.717) is 11.5 Å². The van der Waals surface area contributed by atoms with E-state index in [9.17, 15) is 9.59 Å². The molecule has 0 spiro atoms. The molecule has 2 unspecified atom stereocenters. The minimum Gasteiger partial charge on any atom is -0.326 e. The predicted octanol–water partition coefficient (Wildman–Crippen LogP) is 2.09. The maximum atomic E-state index is 11.6. The molecule has 1 saturated carbocycles. The van der Waals surface area contributed by atoms with Crippen LogP contribution >= 0.6 is 0 Å². The lowest BCUT2D eigenvalue weighted by atomic mass is 10.2. The number of aldehydes is 1. The Morgan fingerprint density at radius 2 is 2.00 bits per heavy atom. The van der Waals surface area contributed by atoms with Gasteiger partial charge in [0.05, 0.1) is 0 Å². The molecule has 1 aromatic rings. The van der Waals surface area contributed by atoms with Gasteiger partial charge in [0.2, 0.25) is 5.91 Å². The summed E-state index contributed by atoms with van der Waals surface area (Å²) < 4.78 is 0. The molecule has 3 nitrogen and oxygen atoms in total. The molecule has 0 aliphatic heterocycles. The highest BCUT2D eigenvalue weighted by molar-refractivity contribution is 5.94. The third kappa shape index (κ3) is 2.24. The van der Waals surface area contributed by atoms with Crippen LogP contribution in [0.4, 0.5) is 5.69 Å². The van der Waals surface area contributed by atoms with E-state index in [1.807, 2.05) is 0 Å². The molecule has 2 atom stereocenters. The maximum absolute atomic E-state index is 11.6. The summed E-state index contributed by atoms with van der Waals surface area (Å²) in [5.41, 5.74) is 1.37. The van der Waals surface area contributed by atoms with Gasteiger partial charge in [-0.1, -0.05) is 6.92 Å². The summed E-state index contributed by atoms with van der Waals surface area (Å²) >= 11 is 0. The smallest absolute Gasteiger partial charge is 0.227 e. The van der Waals surface area contributed by atoms with E-state index in [-0.39, 0.29) is 11.8 Å². The van der Waals surface area contributed by atoms with Crippen molar-refractivity contribution in [1.82, 2.24) is 0 Å². The summed E-state index contributed by atoms with van der Waals surface area (Å²) in [5.74, 6) is 0.774. The molecular weight excluding hydrogens is 190 g/mol. The average molecular weight is 203 g/mol. The summed E-state index contributed by atoms with van der Waals surface area (Å²) in [6.45, 7) is 2.07. The maximum Gasteiger partial charge on any atom is 0.227 e. The van der Waals surface area contributed by atoms with Crippen molar-refractivity contribution in [2.45, 2.75) is 13.3 Å². The van der Waals surface area contributed by atoms with Crippen molar-refractivity contribution in [3.05, 3.63) is 29.8 Å². The Labute approximate surface area is 88.5 Å². The van der Waals surface area contributed by atoms with Gasteiger partial charge in [0.15, 0.2) is 0 Å². The Balaban J connectivity index is 1.98. The molecule has 0 bridgehead atoms. The summed E-state index contributed by atoms with van der Waals surface area (Å²) in [6.07, 6.45) is 1.77. The minimum absolute atomic E-state index is 0.0846. The van der Waals surface area contributed by atoms with Crippen molar-refractivity contribution < 1.29 is 9.59 Å². The Morgan fingerprint density at radius 3 is 2.47 bits per heavy atom. The van der Waals surface area contributed by atoms with E-state index in [2.05, 4.69) is 12.2 Å². The SMILES string of the molecule is CC1CC1C(=O)Nc1ccc(C=O)cc1. The van der Waals surface area contributed by atoms with E-state index in [1.54, 1.807) is 24.3 Å². The van der Waals surface area contributed by atoms with Crippen molar-refractivity contribution >= 4 is 17.9 Å². The second-order valence-electron chi connectivity index (χ2n) is 4.05. The van der Waals surface area contributed by atoms with Crippen molar-refractivity contribution in [2.24, 2.45) is 11.8 Å². The second-order valence-corrected chi connectivity index (χ2v) is 4.05. The third-order valence-corrected chi connectivity index (χ3v) is 2.76. The predicted molar refractivity (Wildman–Crippen MR) is 57.7 cm³/mol. The fourth-order valence-electron chi connectivity index (χ4n) is 1.57. The monoisotopic (exact) mass is 203 g/mol. The molecule has 0 aromatic heterocycles. The standard InChI is InChI=1S/C12H13NO2/c1-8-6-11(8)12(15)13-10-4-2-9(7-14)3-5-10/h2-5,7-8,11H,6H2,1H3,(H,13,15). The van der Waals surface area contributed by atoms with Gasteiger partial charge >= 0.3 is 0 Å². The quantitative estimate of drug-likeness (QED) is 0.764. The zero-order valence-corrected chi connectivity index (χ0v) is 8.57. The van der Waals surface area contributed by atoms with Crippen LogP contribution in [0, 0.1) is 11.8 Å². The first-order chi connectivity index (χ1) is 7.20. The van der Waals surface area contributed by atoms with Gasteiger partial charge in [0.1, 0.15) is 6.29 Å². The molecule has 0 saturated heterocycles. The molecule has 1 aliphatic rings. The fraction of sp³-hybridized carbons (Fsp3) is 0.333. The Kier molecular flexibility index (Phi) is 2.54. The van der Waals surface area contributed by atoms with Gasteiger partial charge in [0, 0.05) is 17.2 Å². The first kappa shape index (κ1) is 9.90. The number of hydrogen-bond donors (Lipinski definition) is 1. The zero-order chi connectivity index (χ0) is 10.8. The molecule has 2 rings (SSSR count). The average Bonchev–Trinajstić information content (AvgIpc) is 2.97. The van der Waals surface area contributed by atoms with E-state index in [0.717, 1.165) is 18.4 Å². The van der Waals surface area contributed by atoms with E-state index >= 15 is 0 Å². The molecule has 1 amide bonds. The first-order valence-corrected chi connectivity index (χ1v) is 5.07. The first-order valence-electron chi connectivity index (χ1n) is 5.07. The van der Waals surface area contributed by atoms with Gasteiger partial charge in [-0.15, -0.1) is 0 Å². The van der Waals surface area contributed by atoms with E-state index < -0.39 is 0 Å². The van der Waals surface area contributed by atoms with Gasteiger partial charge in [-0.2, -0.15) is 0 Å². The van der Waals surface area contributed by atoms with Crippen molar-refractivity contribution in [3.8, 4) is 0 Å². The molecule has 1 fully saturated rings. The topological polar surface area (TPSA) is 46.2 Å². The van der Waals surface area contributed by atoms with E-state index in [4.69, 9.17) is 0 Å². The largest absolute Gasteiger partial charge is 0.326 e. The zero-order valence-electron chi connectivity index (χ0n) is 8.57. The lowest BCUT2D eigenvalue weighted by Gasteiger charge is -2.03. The number of rotatable bonds is 3. The molecule has 1 N–H and O–H groups in total. The highest BCUT2D eigenvalue weighted by Crippen LogP contribution is 2.38. The van der Waals surface area contributed by atoms with Crippen LogP contribution in [0.25, 0.3) is 0 Å².